The Morgan fingerprint density at radius 1 is 1.16 bits per heavy atom. The molecule has 3 rings (SSSR count). The lowest BCUT2D eigenvalue weighted by molar-refractivity contribution is 0.102. The molecule has 31 heavy (non-hydrogen) atoms. The minimum atomic E-state index is -2.17. The van der Waals surface area contributed by atoms with Crippen LogP contribution < -0.4 is 10.1 Å². The summed E-state index contributed by atoms with van der Waals surface area (Å²) in [6.45, 7) is 2.03. The largest absolute Gasteiger partial charge is 0.497 e. The first-order valence-electron chi connectivity index (χ1n) is 9.13. The number of benzene rings is 2. The fourth-order valence-electron chi connectivity index (χ4n) is 2.77. The van der Waals surface area contributed by atoms with Crippen LogP contribution in [-0.2, 0) is 15.1 Å². The molecule has 0 radical (unpaired) electrons. The summed E-state index contributed by atoms with van der Waals surface area (Å²) in [5.41, 5.74) is 2.35. The second-order valence-corrected chi connectivity index (χ2v) is 7.90. The summed E-state index contributed by atoms with van der Waals surface area (Å²) >= 11 is 12.3. The quantitative estimate of drug-likeness (QED) is 0.432. The molecule has 0 saturated carbocycles. The molecule has 0 bridgehead atoms. The van der Waals surface area contributed by atoms with Crippen LogP contribution in [0.25, 0.3) is 11.1 Å². The molecule has 1 amide bonds. The second kappa shape index (κ2) is 10.6. The Labute approximate surface area is 191 Å². The number of nitrogens with zero attached hydrogens (tertiary/aromatic N) is 2. The van der Waals surface area contributed by atoms with E-state index in [-0.39, 0.29) is 15.7 Å². The van der Waals surface area contributed by atoms with Crippen molar-refractivity contribution in [3.8, 4) is 16.9 Å². The van der Waals surface area contributed by atoms with E-state index < -0.39 is 16.8 Å². The van der Waals surface area contributed by atoms with Crippen LogP contribution in [0.5, 0.6) is 5.75 Å². The van der Waals surface area contributed by atoms with Gasteiger partial charge in [-0.25, -0.2) is 4.21 Å². The Hall–Kier alpha value is -2.65. The van der Waals surface area contributed by atoms with Crippen molar-refractivity contribution in [3.63, 3.8) is 0 Å². The first-order valence-corrected chi connectivity index (χ1v) is 11.0. The summed E-state index contributed by atoms with van der Waals surface area (Å²) in [6.07, 6.45) is 2.78. The molecule has 1 unspecified atom stereocenters. The van der Waals surface area contributed by atoms with Crippen molar-refractivity contribution in [2.24, 2.45) is 4.36 Å². The third-order valence-corrected chi connectivity index (χ3v) is 5.60. The van der Waals surface area contributed by atoms with E-state index >= 15 is 0 Å². The molecule has 7 nitrogen and oxygen atoms in total. The predicted octanol–water partition coefficient (Wildman–Crippen LogP) is 5.56. The summed E-state index contributed by atoms with van der Waals surface area (Å²) < 4.78 is 26.2. The van der Waals surface area contributed by atoms with Gasteiger partial charge in [-0.05, 0) is 48.4 Å². The number of nitrogens with one attached hydrogen (secondary N) is 1. The van der Waals surface area contributed by atoms with Gasteiger partial charge in [0.15, 0.2) is 10.9 Å². The highest BCUT2D eigenvalue weighted by atomic mass is 35.5. The van der Waals surface area contributed by atoms with Crippen molar-refractivity contribution in [1.29, 1.82) is 0 Å². The average Bonchev–Trinajstić information content (AvgIpc) is 2.76. The zero-order valence-corrected chi connectivity index (χ0v) is 19.0. The lowest BCUT2D eigenvalue weighted by Crippen LogP contribution is -2.14. The van der Waals surface area contributed by atoms with Crippen LogP contribution in [-0.4, -0.2) is 28.8 Å². The molecule has 0 saturated heterocycles. The molecular formula is C21H19Cl2N3O4S. The van der Waals surface area contributed by atoms with Gasteiger partial charge in [-0.3, -0.25) is 14.0 Å². The van der Waals surface area contributed by atoms with Gasteiger partial charge in [0.2, 0.25) is 0 Å². The van der Waals surface area contributed by atoms with Crippen LogP contribution in [0.15, 0.2) is 59.2 Å². The van der Waals surface area contributed by atoms with E-state index in [2.05, 4.69) is 14.7 Å². The molecule has 0 aliphatic carbocycles. The Balaban J connectivity index is 2.04. The maximum atomic E-state index is 13.1. The van der Waals surface area contributed by atoms with Crippen molar-refractivity contribution in [2.75, 3.05) is 19.0 Å². The number of pyridine rings is 1. The third-order valence-electron chi connectivity index (χ3n) is 4.16. The van der Waals surface area contributed by atoms with E-state index in [1.807, 2.05) is 6.07 Å². The number of amides is 1. The number of aromatic nitrogens is 1. The number of anilines is 1. The monoisotopic (exact) mass is 479 g/mol. The van der Waals surface area contributed by atoms with Gasteiger partial charge in [-0.15, -0.1) is 0 Å². The van der Waals surface area contributed by atoms with Crippen LogP contribution in [0.4, 0.5) is 11.4 Å². The van der Waals surface area contributed by atoms with Crippen molar-refractivity contribution in [2.45, 2.75) is 6.92 Å². The highest BCUT2D eigenvalue weighted by Crippen LogP contribution is 2.33. The smallest absolute Gasteiger partial charge is 0.256 e. The van der Waals surface area contributed by atoms with Crippen molar-refractivity contribution < 1.29 is 17.9 Å². The number of thiol groups is 1. The van der Waals surface area contributed by atoms with E-state index in [1.54, 1.807) is 43.3 Å². The van der Waals surface area contributed by atoms with Crippen LogP contribution in [0.3, 0.4) is 0 Å². The number of hydrogen-bond acceptors (Lipinski definition) is 6. The molecule has 0 aliphatic rings. The molecule has 162 valence electrons. The summed E-state index contributed by atoms with van der Waals surface area (Å²) in [5.74, 6) is 0.143. The van der Waals surface area contributed by atoms with E-state index in [1.165, 1.54) is 19.5 Å². The van der Waals surface area contributed by atoms with Crippen molar-refractivity contribution in [1.82, 2.24) is 4.98 Å². The Morgan fingerprint density at radius 3 is 2.58 bits per heavy atom. The van der Waals surface area contributed by atoms with E-state index in [4.69, 9.17) is 32.1 Å². The lowest BCUT2D eigenvalue weighted by Gasteiger charge is -2.14. The Bertz CT molecular complexity index is 1180. The number of carbonyl (C=O) groups excluding carboxylic acids is 1. The van der Waals surface area contributed by atoms with Gasteiger partial charge in [0.1, 0.15) is 5.75 Å². The molecule has 0 aliphatic heterocycles. The standard InChI is InChI=1S/C21H19Cl2N3O4S/c1-3-30-31(28)26-14-6-4-5-13(9-14)17-10-15(29-2)7-8-16(17)21(27)25-20-18(22)11-24-12-19(20)23/h4-12,31H,3H2,1-2H3,(H,24,25,27). The van der Waals surface area contributed by atoms with Crippen molar-refractivity contribution >= 4 is 51.4 Å². The number of methoxy groups -OCH3 is 1. The van der Waals surface area contributed by atoms with Gasteiger partial charge in [0.05, 0.1) is 35.1 Å². The maximum absolute atomic E-state index is 13.1. The molecule has 1 atom stereocenters. The fourth-order valence-corrected chi connectivity index (χ4v) is 3.82. The Kier molecular flexibility index (Phi) is 7.86. The molecule has 1 N–H and O–H groups in total. The van der Waals surface area contributed by atoms with E-state index in [0.717, 1.165) is 0 Å². The lowest BCUT2D eigenvalue weighted by atomic mass is 9.98. The molecule has 1 aromatic heterocycles. The summed E-state index contributed by atoms with van der Waals surface area (Å²) in [4.78, 5) is 17.0. The van der Waals surface area contributed by atoms with Gasteiger partial charge < -0.3 is 10.1 Å². The molecule has 10 heteroatoms. The van der Waals surface area contributed by atoms with Gasteiger partial charge in [0, 0.05) is 18.0 Å². The first-order chi connectivity index (χ1) is 14.9. The summed E-state index contributed by atoms with van der Waals surface area (Å²) in [6, 6.07) is 12.0. The fraction of sp³-hybridized carbons (Fsp3) is 0.143. The third kappa shape index (κ3) is 5.74. The maximum Gasteiger partial charge on any atom is 0.256 e. The number of ether oxygens (including phenoxy) is 1. The van der Waals surface area contributed by atoms with E-state index in [9.17, 15) is 9.00 Å². The minimum absolute atomic E-state index is 0.219. The van der Waals surface area contributed by atoms with Crippen LogP contribution >= 0.6 is 23.2 Å². The summed E-state index contributed by atoms with van der Waals surface area (Å²) in [5, 5.41) is 3.17. The number of rotatable bonds is 7. The van der Waals surface area contributed by atoms with Gasteiger partial charge in [-0.2, -0.15) is 4.36 Å². The predicted molar refractivity (Wildman–Crippen MR) is 124 cm³/mol. The van der Waals surface area contributed by atoms with Gasteiger partial charge in [0.25, 0.3) is 5.91 Å². The minimum Gasteiger partial charge on any atom is -0.497 e. The SMILES string of the molecule is CCO[SH](=O)=Nc1cccc(-c2cc(OC)ccc2C(=O)Nc2c(Cl)cncc2Cl)c1. The van der Waals surface area contributed by atoms with Gasteiger partial charge >= 0.3 is 0 Å². The number of hydrogen-bond donors (Lipinski definition) is 2. The molecule has 0 spiro atoms. The topological polar surface area (TPSA) is 89.9 Å². The molecule has 0 fully saturated rings. The Morgan fingerprint density at radius 2 is 1.90 bits per heavy atom. The summed E-state index contributed by atoms with van der Waals surface area (Å²) in [7, 11) is -0.637. The van der Waals surface area contributed by atoms with Crippen LogP contribution in [0.1, 0.15) is 17.3 Å². The second-order valence-electron chi connectivity index (χ2n) is 6.15. The van der Waals surface area contributed by atoms with Crippen molar-refractivity contribution in [3.05, 3.63) is 70.5 Å². The zero-order valence-electron chi connectivity index (χ0n) is 16.6. The molecule has 3 aromatic rings. The van der Waals surface area contributed by atoms with Gasteiger partial charge in [-0.1, -0.05) is 35.3 Å². The normalized spacial score (nSPS) is 11.9. The van der Waals surface area contributed by atoms with Crippen LogP contribution in [0, 0.1) is 0 Å². The highest BCUT2D eigenvalue weighted by Gasteiger charge is 2.17. The van der Waals surface area contributed by atoms with E-state index in [0.29, 0.717) is 34.7 Å². The number of carbonyl (C=O) groups is 1. The molecule has 2 aromatic carbocycles. The molecule has 1 heterocycles. The highest BCUT2D eigenvalue weighted by molar-refractivity contribution is 7.69. The average molecular weight is 480 g/mol. The van der Waals surface area contributed by atoms with Crippen LogP contribution in [0.2, 0.25) is 10.0 Å². The first kappa shape index (κ1) is 23.0. The zero-order chi connectivity index (χ0) is 22.4. The molecular weight excluding hydrogens is 461 g/mol. The number of halogens is 2.